The summed E-state index contributed by atoms with van der Waals surface area (Å²) in [6.45, 7) is 11.2. The third-order valence-electron chi connectivity index (χ3n) is 6.37. The highest BCUT2D eigenvalue weighted by Gasteiger charge is 2.28. The average Bonchev–Trinajstić information content (AvgIpc) is 3.21. The molecule has 0 radical (unpaired) electrons. The van der Waals surface area contributed by atoms with Gasteiger partial charge in [0, 0.05) is 23.9 Å². The molecule has 0 atom stereocenters. The van der Waals surface area contributed by atoms with Gasteiger partial charge in [0.2, 0.25) is 11.8 Å². The fourth-order valence-corrected chi connectivity index (χ4v) is 4.37. The second-order valence-corrected chi connectivity index (χ2v) is 10.4. The third kappa shape index (κ3) is 6.68. The van der Waals surface area contributed by atoms with Crippen LogP contribution < -0.4 is 5.32 Å². The maximum absolute atomic E-state index is 13.2. The van der Waals surface area contributed by atoms with Crippen LogP contribution in [0.5, 0.6) is 0 Å². The molecule has 1 aliphatic carbocycles. The molecule has 6 heteroatoms. The van der Waals surface area contributed by atoms with Gasteiger partial charge in [-0.25, -0.2) is 4.68 Å². The number of anilines is 1. The highest BCUT2D eigenvalue weighted by molar-refractivity contribution is 5.94. The Bertz CT molecular complexity index is 951. The summed E-state index contributed by atoms with van der Waals surface area (Å²) in [5, 5.41) is 7.86. The molecule has 3 rings (SSSR count). The normalized spacial score (nSPS) is 14.8. The number of hydrogen-bond donors (Lipinski definition) is 1. The van der Waals surface area contributed by atoms with E-state index < -0.39 is 0 Å². The average molecular weight is 453 g/mol. The predicted molar refractivity (Wildman–Crippen MR) is 134 cm³/mol. The van der Waals surface area contributed by atoms with Crippen LogP contribution in [-0.4, -0.2) is 39.6 Å². The maximum atomic E-state index is 13.2. The summed E-state index contributed by atoms with van der Waals surface area (Å²) in [4.78, 5) is 28.1. The molecule has 1 N–H and O–H groups in total. The Morgan fingerprint density at radius 3 is 2.52 bits per heavy atom. The van der Waals surface area contributed by atoms with Gasteiger partial charge in [0.1, 0.15) is 5.82 Å². The number of hydrogen-bond acceptors (Lipinski definition) is 3. The van der Waals surface area contributed by atoms with E-state index in [0.717, 1.165) is 55.5 Å². The molecule has 1 aromatic carbocycles. The lowest BCUT2D eigenvalue weighted by Crippen LogP contribution is -2.42. The summed E-state index contributed by atoms with van der Waals surface area (Å²) in [6, 6.07) is 10.0. The van der Waals surface area contributed by atoms with Crippen LogP contribution in [0.25, 0.3) is 5.69 Å². The number of aryl methyl sites for hydroxylation is 1. The number of aromatic nitrogens is 2. The fraction of sp³-hybridized carbons (Fsp3) is 0.593. The lowest BCUT2D eigenvalue weighted by molar-refractivity contribution is -0.139. The summed E-state index contributed by atoms with van der Waals surface area (Å²) < 4.78 is 1.80. The first-order valence-corrected chi connectivity index (χ1v) is 12.4. The Kier molecular flexibility index (Phi) is 8.33. The van der Waals surface area contributed by atoms with Crippen LogP contribution in [0.1, 0.15) is 83.9 Å². The second-order valence-electron chi connectivity index (χ2n) is 10.4. The van der Waals surface area contributed by atoms with Crippen LogP contribution in [0.15, 0.2) is 30.3 Å². The zero-order valence-corrected chi connectivity index (χ0v) is 21.0. The number of nitrogens with one attached hydrogen (secondary N) is 1. The van der Waals surface area contributed by atoms with Crippen molar-refractivity contribution in [1.82, 2.24) is 14.7 Å². The van der Waals surface area contributed by atoms with E-state index in [4.69, 9.17) is 5.10 Å². The number of unbranched alkanes of at least 4 members (excludes halogenated alkanes) is 1. The molecule has 0 aliphatic heterocycles. The summed E-state index contributed by atoms with van der Waals surface area (Å²) in [5.41, 5.74) is 2.78. The van der Waals surface area contributed by atoms with E-state index >= 15 is 0 Å². The van der Waals surface area contributed by atoms with Crippen molar-refractivity contribution in [3.63, 3.8) is 0 Å². The van der Waals surface area contributed by atoms with E-state index in [1.165, 1.54) is 6.42 Å². The topological polar surface area (TPSA) is 67.2 Å². The quantitative estimate of drug-likeness (QED) is 0.565. The minimum absolute atomic E-state index is 0.0636. The molecule has 2 aromatic rings. The molecule has 33 heavy (non-hydrogen) atoms. The largest absolute Gasteiger partial charge is 0.333 e. The van der Waals surface area contributed by atoms with Crippen molar-refractivity contribution in [2.24, 2.45) is 5.92 Å². The van der Waals surface area contributed by atoms with E-state index in [1.54, 1.807) is 9.58 Å². The third-order valence-corrected chi connectivity index (χ3v) is 6.37. The Labute approximate surface area is 198 Å². The van der Waals surface area contributed by atoms with Crippen LogP contribution in [-0.2, 0) is 15.0 Å². The molecular formula is C27H40N4O2. The lowest BCUT2D eigenvalue weighted by Gasteiger charge is -2.29. The number of rotatable bonds is 8. The predicted octanol–water partition coefficient (Wildman–Crippen LogP) is 5.63. The molecule has 1 heterocycles. The van der Waals surface area contributed by atoms with Gasteiger partial charge < -0.3 is 10.2 Å². The molecule has 2 amide bonds. The van der Waals surface area contributed by atoms with E-state index in [9.17, 15) is 9.59 Å². The molecule has 0 saturated heterocycles. The SMILES string of the molecule is CCCCN(CC(=O)Nc1cc(C(C)(C)C)nn1-c1cccc(C)c1)C(=O)C1CCCCC1. The van der Waals surface area contributed by atoms with Gasteiger partial charge in [-0.1, -0.05) is 65.5 Å². The van der Waals surface area contributed by atoms with Gasteiger partial charge >= 0.3 is 0 Å². The standard InChI is InChI=1S/C27H40N4O2/c1-6-7-16-30(26(33)21-13-9-8-10-14-21)19-25(32)28-24-18-23(27(3,4)5)29-31(24)22-15-11-12-20(2)17-22/h11-12,15,17-18,21H,6-10,13-14,16,19H2,1-5H3,(H,28,32). The summed E-state index contributed by atoms with van der Waals surface area (Å²) >= 11 is 0. The van der Waals surface area contributed by atoms with E-state index in [-0.39, 0.29) is 29.7 Å². The number of carbonyl (C=O) groups excluding carboxylic acids is 2. The van der Waals surface area contributed by atoms with Gasteiger partial charge in [-0.05, 0) is 43.9 Å². The molecule has 0 bridgehead atoms. The Morgan fingerprint density at radius 1 is 1.15 bits per heavy atom. The van der Waals surface area contributed by atoms with Crippen molar-refractivity contribution in [3.05, 3.63) is 41.6 Å². The summed E-state index contributed by atoms with van der Waals surface area (Å²) in [6.07, 6.45) is 7.20. The highest BCUT2D eigenvalue weighted by Crippen LogP contribution is 2.28. The van der Waals surface area contributed by atoms with Gasteiger partial charge in [-0.2, -0.15) is 5.10 Å². The molecule has 6 nitrogen and oxygen atoms in total. The summed E-state index contributed by atoms with van der Waals surface area (Å²) in [7, 11) is 0. The van der Waals surface area contributed by atoms with Crippen LogP contribution in [0.3, 0.4) is 0 Å². The van der Waals surface area contributed by atoms with Gasteiger partial charge in [0.05, 0.1) is 17.9 Å². The van der Waals surface area contributed by atoms with Crippen molar-refractivity contribution < 1.29 is 9.59 Å². The maximum Gasteiger partial charge on any atom is 0.245 e. The van der Waals surface area contributed by atoms with E-state index in [0.29, 0.717) is 12.4 Å². The first-order valence-electron chi connectivity index (χ1n) is 12.4. The van der Waals surface area contributed by atoms with Crippen molar-refractivity contribution >= 4 is 17.6 Å². The number of amides is 2. The van der Waals surface area contributed by atoms with E-state index in [1.807, 2.05) is 31.2 Å². The number of carbonyl (C=O) groups is 2. The Morgan fingerprint density at radius 2 is 1.88 bits per heavy atom. The summed E-state index contributed by atoms with van der Waals surface area (Å²) in [5.74, 6) is 0.662. The number of nitrogens with zero attached hydrogens (tertiary/aromatic N) is 3. The van der Waals surface area contributed by atoms with Gasteiger partial charge in [-0.15, -0.1) is 0 Å². The smallest absolute Gasteiger partial charge is 0.245 e. The van der Waals surface area contributed by atoms with Crippen molar-refractivity contribution in [3.8, 4) is 5.69 Å². The van der Waals surface area contributed by atoms with E-state index in [2.05, 4.69) is 39.1 Å². The zero-order chi connectivity index (χ0) is 24.0. The van der Waals surface area contributed by atoms with Crippen LogP contribution in [0.4, 0.5) is 5.82 Å². The monoisotopic (exact) mass is 452 g/mol. The van der Waals surface area contributed by atoms with Gasteiger partial charge in [0.25, 0.3) is 0 Å². The van der Waals surface area contributed by atoms with Crippen LogP contribution >= 0.6 is 0 Å². The molecule has 180 valence electrons. The molecule has 1 saturated carbocycles. The van der Waals surface area contributed by atoms with Crippen molar-refractivity contribution in [2.45, 2.75) is 85.0 Å². The fourth-order valence-electron chi connectivity index (χ4n) is 4.37. The molecular weight excluding hydrogens is 412 g/mol. The zero-order valence-electron chi connectivity index (χ0n) is 21.0. The molecule has 1 aliphatic rings. The van der Waals surface area contributed by atoms with Gasteiger partial charge in [-0.3, -0.25) is 9.59 Å². The minimum atomic E-state index is -0.176. The minimum Gasteiger partial charge on any atom is -0.333 e. The highest BCUT2D eigenvalue weighted by atomic mass is 16.2. The molecule has 1 aromatic heterocycles. The van der Waals surface area contributed by atoms with Crippen LogP contribution in [0.2, 0.25) is 0 Å². The van der Waals surface area contributed by atoms with Gasteiger partial charge in [0.15, 0.2) is 0 Å². The first kappa shape index (κ1) is 25.0. The van der Waals surface area contributed by atoms with Crippen molar-refractivity contribution in [1.29, 1.82) is 0 Å². The molecule has 0 unspecified atom stereocenters. The second kappa shape index (κ2) is 11.0. The number of benzene rings is 1. The van der Waals surface area contributed by atoms with Crippen molar-refractivity contribution in [2.75, 3.05) is 18.4 Å². The molecule has 1 fully saturated rings. The Balaban J connectivity index is 1.80. The molecule has 0 spiro atoms. The lowest BCUT2D eigenvalue weighted by atomic mass is 9.88. The van der Waals surface area contributed by atoms with Crippen LogP contribution in [0, 0.1) is 12.8 Å². The Hall–Kier alpha value is -2.63. The first-order chi connectivity index (χ1) is 15.7.